The van der Waals surface area contributed by atoms with Gasteiger partial charge in [-0.15, -0.1) is 5.10 Å². The average molecular weight is 154 g/mol. The molecule has 1 aromatic heterocycles. The molecule has 0 aromatic carbocycles. The first kappa shape index (κ1) is 6.72. The van der Waals surface area contributed by atoms with E-state index < -0.39 is 0 Å². The van der Waals surface area contributed by atoms with Gasteiger partial charge in [0.05, 0.1) is 0 Å². The van der Waals surface area contributed by atoms with E-state index >= 15 is 0 Å². The van der Waals surface area contributed by atoms with Crippen molar-refractivity contribution >= 4 is 0 Å². The van der Waals surface area contributed by atoms with Crippen molar-refractivity contribution in [3.05, 3.63) is 6.33 Å². The summed E-state index contributed by atoms with van der Waals surface area (Å²) in [4.78, 5) is 0. The van der Waals surface area contributed by atoms with E-state index in [4.69, 9.17) is 4.74 Å². The fourth-order valence-corrected chi connectivity index (χ4v) is 1.23. The van der Waals surface area contributed by atoms with Gasteiger partial charge in [0.15, 0.2) is 6.23 Å². The van der Waals surface area contributed by atoms with Gasteiger partial charge >= 0.3 is 0 Å². The summed E-state index contributed by atoms with van der Waals surface area (Å²) in [5, 5.41) is 10.9. The lowest BCUT2D eigenvalue weighted by molar-refractivity contribution is -0.0405. The highest BCUT2D eigenvalue weighted by Crippen LogP contribution is 2.20. The second-order valence-electron chi connectivity index (χ2n) is 2.61. The minimum atomic E-state index is 0.0683. The molecule has 2 heterocycles. The molecule has 0 radical (unpaired) electrons. The molecule has 2 rings (SSSR count). The number of hydrogen-bond donors (Lipinski definition) is 0. The van der Waals surface area contributed by atoms with E-state index in [9.17, 15) is 0 Å². The Balaban J connectivity index is 2.04. The number of nitrogens with zero attached hydrogens (tertiary/aromatic N) is 4. The van der Waals surface area contributed by atoms with Crippen LogP contribution < -0.4 is 0 Å². The summed E-state index contributed by atoms with van der Waals surface area (Å²) >= 11 is 0. The van der Waals surface area contributed by atoms with Crippen LogP contribution in [0.4, 0.5) is 0 Å². The van der Waals surface area contributed by atoms with Gasteiger partial charge in [0, 0.05) is 6.61 Å². The van der Waals surface area contributed by atoms with Crippen LogP contribution in [0.2, 0.25) is 0 Å². The summed E-state index contributed by atoms with van der Waals surface area (Å²) in [6, 6.07) is 0. The monoisotopic (exact) mass is 154 g/mol. The third-order valence-corrected chi connectivity index (χ3v) is 1.82. The summed E-state index contributed by atoms with van der Waals surface area (Å²) in [5.41, 5.74) is 0. The van der Waals surface area contributed by atoms with Crippen molar-refractivity contribution in [3.63, 3.8) is 0 Å². The van der Waals surface area contributed by atoms with Crippen LogP contribution in [-0.2, 0) is 4.74 Å². The number of ether oxygens (including phenoxy) is 1. The summed E-state index contributed by atoms with van der Waals surface area (Å²) in [6.45, 7) is 0.824. The number of tetrazole rings is 1. The Hall–Kier alpha value is -0.970. The summed E-state index contributed by atoms with van der Waals surface area (Å²) in [6.07, 6.45) is 5.03. The highest BCUT2D eigenvalue weighted by molar-refractivity contribution is 4.60. The summed E-state index contributed by atoms with van der Waals surface area (Å²) in [7, 11) is 0. The van der Waals surface area contributed by atoms with Crippen molar-refractivity contribution in [1.82, 2.24) is 20.2 Å². The first-order chi connectivity index (χ1) is 5.47. The first-order valence-corrected chi connectivity index (χ1v) is 3.81. The van der Waals surface area contributed by atoms with Gasteiger partial charge in [-0.25, -0.2) is 4.68 Å². The third-order valence-electron chi connectivity index (χ3n) is 1.82. The molecule has 11 heavy (non-hydrogen) atoms. The molecule has 1 aromatic rings. The number of hydrogen-bond acceptors (Lipinski definition) is 4. The van der Waals surface area contributed by atoms with Gasteiger partial charge in [-0.3, -0.25) is 0 Å². The fourth-order valence-electron chi connectivity index (χ4n) is 1.23. The van der Waals surface area contributed by atoms with E-state index in [1.807, 2.05) is 0 Å². The molecule has 0 bridgehead atoms. The Morgan fingerprint density at radius 3 is 3.09 bits per heavy atom. The Kier molecular flexibility index (Phi) is 1.81. The SMILES string of the molecule is c1nnnn1C1CCCCO1. The van der Waals surface area contributed by atoms with Gasteiger partial charge in [0.1, 0.15) is 6.33 Å². The molecule has 0 saturated carbocycles. The maximum Gasteiger partial charge on any atom is 0.153 e. The Morgan fingerprint density at radius 1 is 1.45 bits per heavy atom. The smallest absolute Gasteiger partial charge is 0.153 e. The second-order valence-corrected chi connectivity index (χ2v) is 2.61. The highest BCUT2D eigenvalue weighted by atomic mass is 16.5. The van der Waals surface area contributed by atoms with Crippen molar-refractivity contribution in [2.75, 3.05) is 6.61 Å². The molecule has 5 heteroatoms. The van der Waals surface area contributed by atoms with Crippen LogP contribution in [0, 0.1) is 0 Å². The lowest BCUT2D eigenvalue weighted by atomic mass is 10.2. The molecule has 1 unspecified atom stereocenters. The van der Waals surface area contributed by atoms with E-state index in [0.29, 0.717) is 0 Å². The molecule has 0 aliphatic carbocycles. The zero-order valence-electron chi connectivity index (χ0n) is 6.18. The van der Waals surface area contributed by atoms with Crippen molar-refractivity contribution in [2.45, 2.75) is 25.5 Å². The predicted molar refractivity (Wildman–Crippen MR) is 36.7 cm³/mol. The maximum absolute atomic E-state index is 5.44. The summed E-state index contributed by atoms with van der Waals surface area (Å²) in [5.74, 6) is 0. The maximum atomic E-state index is 5.44. The van der Waals surface area contributed by atoms with Crippen molar-refractivity contribution in [2.24, 2.45) is 0 Å². The molecule has 60 valence electrons. The highest BCUT2D eigenvalue weighted by Gasteiger charge is 2.15. The quantitative estimate of drug-likeness (QED) is 0.586. The molecule has 5 nitrogen and oxygen atoms in total. The van der Waals surface area contributed by atoms with E-state index in [1.165, 1.54) is 6.42 Å². The molecule has 1 atom stereocenters. The zero-order chi connectivity index (χ0) is 7.52. The van der Waals surface area contributed by atoms with Crippen molar-refractivity contribution < 1.29 is 4.74 Å². The molecule has 0 spiro atoms. The van der Waals surface area contributed by atoms with Gasteiger partial charge in [0.25, 0.3) is 0 Å². The van der Waals surface area contributed by atoms with E-state index in [-0.39, 0.29) is 6.23 Å². The Labute approximate surface area is 64.3 Å². The minimum Gasteiger partial charge on any atom is -0.356 e. The van der Waals surface area contributed by atoms with E-state index in [2.05, 4.69) is 15.5 Å². The largest absolute Gasteiger partial charge is 0.356 e. The summed E-state index contributed by atoms with van der Waals surface area (Å²) < 4.78 is 7.11. The van der Waals surface area contributed by atoms with Crippen LogP contribution in [0.25, 0.3) is 0 Å². The van der Waals surface area contributed by atoms with Crippen LogP contribution in [0.1, 0.15) is 25.5 Å². The molecule has 0 amide bonds. The standard InChI is InChI=1S/C6H10N4O/c1-2-4-11-6(3-1)10-5-7-8-9-10/h5-6H,1-4H2. The lowest BCUT2D eigenvalue weighted by Crippen LogP contribution is -2.18. The average Bonchev–Trinajstić information content (AvgIpc) is 2.58. The van der Waals surface area contributed by atoms with Crippen LogP contribution in [0.3, 0.4) is 0 Å². The molecule has 1 saturated heterocycles. The second kappa shape index (κ2) is 2.96. The van der Waals surface area contributed by atoms with Gasteiger partial charge in [-0.05, 0) is 29.7 Å². The van der Waals surface area contributed by atoms with Crippen molar-refractivity contribution in [3.8, 4) is 0 Å². The van der Waals surface area contributed by atoms with Crippen LogP contribution in [0.5, 0.6) is 0 Å². The van der Waals surface area contributed by atoms with Gasteiger partial charge in [-0.1, -0.05) is 0 Å². The van der Waals surface area contributed by atoms with Gasteiger partial charge in [0.2, 0.25) is 0 Å². The third kappa shape index (κ3) is 1.37. The molecule has 1 aliphatic rings. The molecule has 1 fully saturated rings. The van der Waals surface area contributed by atoms with Gasteiger partial charge < -0.3 is 4.74 Å². The van der Waals surface area contributed by atoms with Gasteiger partial charge in [-0.2, -0.15) is 0 Å². The topological polar surface area (TPSA) is 52.8 Å². The fraction of sp³-hybridized carbons (Fsp3) is 0.833. The Bertz CT molecular complexity index is 204. The Morgan fingerprint density at radius 2 is 2.45 bits per heavy atom. The molecular weight excluding hydrogens is 144 g/mol. The van der Waals surface area contributed by atoms with Crippen LogP contribution in [-0.4, -0.2) is 26.8 Å². The minimum absolute atomic E-state index is 0.0683. The number of aromatic nitrogens is 4. The molecular formula is C6H10N4O. The van der Waals surface area contributed by atoms with Crippen LogP contribution in [0.15, 0.2) is 6.33 Å². The molecule has 1 aliphatic heterocycles. The van der Waals surface area contributed by atoms with E-state index in [1.54, 1.807) is 11.0 Å². The first-order valence-electron chi connectivity index (χ1n) is 3.81. The van der Waals surface area contributed by atoms with Crippen LogP contribution >= 0.6 is 0 Å². The molecule has 0 N–H and O–H groups in total. The number of rotatable bonds is 1. The normalized spacial score (nSPS) is 25.3. The van der Waals surface area contributed by atoms with Crippen molar-refractivity contribution in [1.29, 1.82) is 0 Å². The predicted octanol–water partition coefficient (Wildman–Crippen LogP) is 0.372. The lowest BCUT2D eigenvalue weighted by Gasteiger charge is -2.21. The zero-order valence-corrected chi connectivity index (χ0v) is 6.18. The van der Waals surface area contributed by atoms with E-state index in [0.717, 1.165) is 19.4 Å².